The fraction of sp³-hybridized carbons (Fsp3) is 0. The zero-order chi connectivity index (χ0) is 36.6. The van der Waals surface area contributed by atoms with E-state index in [1.54, 1.807) is 0 Å². The second kappa shape index (κ2) is 11.8. The van der Waals surface area contributed by atoms with Gasteiger partial charge >= 0.3 is 0 Å². The molecule has 254 valence electrons. The lowest BCUT2D eigenvalue weighted by molar-refractivity contribution is 1.16. The number of hydrogen-bond donors (Lipinski definition) is 0. The number of rotatable bonds is 4. The van der Waals surface area contributed by atoms with Crippen LogP contribution in [-0.4, -0.2) is 13.7 Å². The second-order valence-electron chi connectivity index (χ2n) is 14.0. The van der Waals surface area contributed by atoms with E-state index in [-0.39, 0.29) is 0 Å². The average Bonchev–Trinajstić information content (AvgIpc) is 3.89. The fourth-order valence-electron chi connectivity index (χ4n) is 8.74. The maximum atomic E-state index is 10.2. The molecule has 0 N–H and O–H groups in total. The van der Waals surface area contributed by atoms with Crippen LogP contribution in [0.25, 0.3) is 93.6 Å². The van der Waals surface area contributed by atoms with Gasteiger partial charge < -0.3 is 13.7 Å². The van der Waals surface area contributed by atoms with Crippen molar-refractivity contribution in [3.63, 3.8) is 0 Å². The van der Waals surface area contributed by atoms with Gasteiger partial charge in [-0.25, -0.2) is 0 Å². The topological polar surface area (TPSA) is 62.4 Å². The van der Waals surface area contributed by atoms with Gasteiger partial charge in [0.1, 0.15) is 0 Å². The highest BCUT2D eigenvalue weighted by Crippen LogP contribution is 2.39. The molecule has 0 aliphatic heterocycles. The molecule has 0 amide bonds. The molecule has 0 aliphatic carbocycles. The molecule has 5 nitrogen and oxygen atoms in total. The Hall–Kier alpha value is -7.86. The molecule has 0 spiro atoms. The van der Waals surface area contributed by atoms with Gasteiger partial charge in [0.2, 0.25) is 0 Å². The first-order valence-electron chi connectivity index (χ1n) is 18.3. The monoisotopic (exact) mass is 699 g/mol. The Labute approximate surface area is 316 Å². The molecule has 55 heavy (non-hydrogen) atoms. The number of para-hydroxylation sites is 4. The van der Waals surface area contributed by atoms with Gasteiger partial charge in [-0.2, -0.15) is 10.5 Å². The lowest BCUT2D eigenvalue weighted by atomic mass is 10.0. The van der Waals surface area contributed by atoms with Gasteiger partial charge in [0.15, 0.2) is 0 Å². The first-order valence-corrected chi connectivity index (χ1v) is 18.3. The molecule has 0 radical (unpaired) electrons. The van der Waals surface area contributed by atoms with Crippen LogP contribution >= 0.6 is 0 Å². The normalized spacial score (nSPS) is 11.6. The molecule has 0 unspecified atom stereocenters. The third kappa shape index (κ3) is 4.51. The van der Waals surface area contributed by atoms with E-state index in [4.69, 9.17) is 0 Å². The first-order chi connectivity index (χ1) is 27.2. The Morgan fingerprint density at radius 1 is 0.327 bits per heavy atom. The van der Waals surface area contributed by atoms with Gasteiger partial charge in [0.25, 0.3) is 0 Å². The number of nitrogens with zero attached hydrogens (tertiary/aromatic N) is 5. The Bertz CT molecular complexity index is 3400. The SMILES string of the molecule is N#Cc1cc(-c2ccc(-n3c4ccccc4c4cc(-n5c6ccccc6c6ccccc65)ccc43)cc2)cc(-n2c3ccccc3c3c(C#N)cccc32)c1. The standard InChI is InChI=1S/C50H29N5/c51-30-32-26-35(28-38(27-32)55-47-18-8-4-14-42(47)50-34(31-52)10-9-19-49(50)55)33-20-22-36(23-21-33)53-46-17-7-3-13-41(46)43-29-37(24-25-48(43)53)54-44-15-5-1-11-39(44)40-12-2-6-16-45(40)54/h1-29H. The summed E-state index contributed by atoms with van der Waals surface area (Å²) in [4.78, 5) is 0. The van der Waals surface area contributed by atoms with Crippen molar-refractivity contribution in [3.8, 4) is 40.3 Å². The molecule has 3 heterocycles. The third-order valence-corrected chi connectivity index (χ3v) is 11.1. The minimum absolute atomic E-state index is 0.570. The predicted octanol–water partition coefficient (Wildman–Crippen LogP) is 12.4. The summed E-state index contributed by atoms with van der Waals surface area (Å²) in [6.07, 6.45) is 0. The number of benzene rings is 8. The van der Waals surface area contributed by atoms with E-state index >= 15 is 0 Å². The lowest BCUT2D eigenvalue weighted by Crippen LogP contribution is -1.97. The van der Waals surface area contributed by atoms with Crippen LogP contribution in [0.3, 0.4) is 0 Å². The predicted molar refractivity (Wildman–Crippen MR) is 224 cm³/mol. The van der Waals surface area contributed by atoms with Crippen LogP contribution in [0.5, 0.6) is 0 Å². The molecule has 0 bridgehead atoms. The van der Waals surface area contributed by atoms with Crippen molar-refractivity contribution in [1.82, 2.24) is 13.7 Å². The van der Waals surface area contributed by atoms with E-state index in [1.165, 1.54) is 32.6 Å². The van der Waals surface area contributed by atoms with Gasteiger partial charge in [-0.05, 0) is 96.1 Å². The van der Waals surface area contributed by atoms with Crippen molar-refractivity contribution in [2.45, 2.75) is 0 Å². The van der Waals surface area contributed by atoms with Gasteiger partial charge in [-0.1, -0.05) is 91.0 Å². The summed E-state index contributed by atoms with van der Waals surface area (Å²) in [7, 11) is 0. The summed E-state index contributed by atoms with van der Waals surface area (Å²) in [5, 5.41) is 27.0. The quantitative estimate of drug-likeness (QED) is 0.184. The molecule has 0 saturated heterocycles. The minimum Gasteiger partial charge on any atom is -0.309 e. The Balaban J connectivity index is 1.05. The van der Waals surface area contributed by atoms with Crippen LogP contribution in [0.1, 0.15) is 11.1 Å². The highest BCUT2D eigenvalue weighted by Gasteiger charge is 2.18. The molecular weight excluding hydrogens is 671 g/mol. The van der Waals surface area contributed by atoms with E-state index < -0.39 is 0 Å². The smallest absolute Gasteiger partial charge is 0.0998 e. The van der Waals surface area contributed by atoms with Gasteiger partial charge in [-0.15, -0.1) is 0 Å². The molecule has 8 aromatic carbocycles. The molecule has 3 aromatic heterocycles. The van der Waals surface area contributed by atoms with E-state index in [0.29, 0.717) is 11.1 Å². The van der Waals surface area contributed by atoms with E-state index in [2.05, 4.69) is 159 Å². The number of nitriles is 2. The summed E-state index contributed by atoms with van der Waals surface area (Å²) in [5.41, 5.74) is 12.8. The molecule has 0 fully saturated rings. The number of fused-ring (bicyclic) bond motifs is 9. The summed E-state index contributed by atoms with van der Waals surface area (Å²) in [6.45, 7) is 0. The van der Waals surface area contributed by atoms with E-state index in [0.717, 1.165) is 61.0 Å². The van der Waals surface area contributed by atoms with Crippen molar-refractivity contribution < 1.29 is 0 Å². The molecule has 0 aliphatic rings. The average molecular weight is 700 g/mol. The minimum atomic E-state index is 0.570. The Morgan fingerprint density at radius 3 is 1.47 bits per heavy atom. The number of aromatic nitrogens is 3. The molecule has 5 heteroatoms. The molecule has 11 aromatic rings. The highest BCUT2D eigenvalue weighted by atomic mass is 15.0. The summed E-state index contributed by atoms with van der Waals surface area (Å²) in [6, 6.07) is 66.0. The number of hydrogen-bond acceptors (Lipinski definition) is 2. The Kier molecular flexibility index (Phi) is 6.61. The molecular formula is C50H29N5. The third-order valence-electron chi connectivity index (χ3n) is 11.1. The van der Waals surface area contributed by atoms with Crippen LogP contribution in [0, 0.1) is 22.7 Å². The lowest BCUT2D eigenvalue weighted by Gasteiger charge is -2.13. The van der Waals surface area contributed by atoms with Gasteiger partial charge in [0.05, 0.1) is 56.4 Å². The molecule has 11 rings (SSSR count). The van der Waals surface area contributed by atoms with Crippen molar-refractivity contribution in [2.75, 3.05) is 0 Å². The van der Waals surface area contributed by atoms with Crippen molar-refractivity contribution in [3.05, 3.63) is 187 Å². The molecule has 0 saturated carbocycles. The van der Waals surface area contributed by atoms with Crippen molar-refractivity contribution >= 4 is 65.4 Å². The van der Waals surface area contributed by atoms with Crippen LogP contribution in [-0.2, 0) is 0 Å². The van der Waals surface area contributed by atoms with E-state index in [1.807, 2.05) is 42.5 Å². The van der Waals surface area contributed by atoms with Crippen LogP contribution in [0.2, 0.25) is 0 Å². The molecule has 0 atom stereocenters. The van der Waals surface area contributed by atoms with Crippen LogP contribution in [0.4, 0.5) is 0 Å². The second-order valence-corrected chi connectivity index (χ2v) is 14.0. The van der Waals surface area contributed by atoms with E-state index in [9.17, 15) is 10.5 Å². The zero-order valence-electron chi connectivity index (χ0n) is 29.5. The highest BCUT2D eigenvalue weighted by molar-refractivity contribution is 6.13. The van der Waals surface area contributed by atoms with Gasteiger partial charge in [-0.3, -0.25) is 0 Å². The van der Waals surface area contributed by atoms with Crippen LogP contribution in [0.15, 0.2) is 176 Å². The van der Waals surface area contributed by atoms with Crippen molar-refractivity contribution in [2.24, 2.45) is 0 Å². The maximum absolute atomic E-state index is 10.2. The van der Waals surface area contributed by atoms with Gasteiger partial charge in [0, 0.05) is 49.4 Å². The fourth-order valence-corrected chi connectivity index (χ4v) is 8.74. The summed E-state index contributed by atoms with van der Waals surface area (Å²) >= 11 is 0. The maximum Gasteiger partial charge on any atom is 0.0998 e. The van der Waals surface area contributed by atoms with Crippen molar-refractivity contribution in [1.29, 1.82) is 10.5 Å². The Morgan fingerprint density at radius 2 is 0.836 bits per heavy atom. The first kappa shape index (κ1) is 30.7. The van der Waals surface area contributed by atoms with Crippen LogP contribution < -0.4 is 0 Å². The summed E-state index contributed by atoms with van der Waals surface area (Å²) in [5.74, 6) is 0. The largest absolute Gasteiger partial charge is 0.309 e. The summed E-state index contributed by atoms with van der Waals surface area (Å²) < 4.78 is 6.87. The zero-order valence-corrected chi connectivity index (χ0v) is 29.5.